The standard InChI is InChI=1S/C12H16ClN3O3S/c13-10-4-6-14-9-11(10)20(18,19)15-5-2-8-16-7-1-3-12(16)17/h4,6,9,15H,1-3,5,7-8H2. The van der Waals surface area contributed by atoms with Gasteiger partial charge in [0.25, 0.3) is 0 Å². The van der Waals surface area contributed by atoms with Gasteiger partial charge in [-0.05, 0) is 18.9 Å². The van der Waals surface area contributed by atoms with Crippen molar-refractivity contribution in [1.29, 1.82) is 0 Å². The average molecular weight is 318 g/mol. The van der Waals surface area contributed by atoms with Crippen molar-refractivity contribution in [3.63, 3.8) is 0 Å². The molecule has 0 unspecified atom stereocenters. The van der Waals surface area contributed by atoms with Crippen LogP contribution < -0.4 is 4.72 Å². The summed E-state index contributed by atoms with van der Waals surface area (Å²) in [4.78, 5) is 16.9. The Morgan fingerprint density at radius 3 is 2.90 bits per heavy atom. The second kappa shape index (κ2) is 6.51. The first-order chi connectivity index (χ1) is 9.50. The molecule has 0 radical (unpaired) electrons. The zero-order valence-electron chi connectivity index (χ0n) is 10.9. The van der Waals surface area contributed by atoms with Gasteiger partial charge in [0.2, 0.25) is 15.9 Å². The summed E-state index contributed by atoms with van der Waals surface area (Å²) in [5.41, 5.74) is 0. The SMILES string of the molecule is O=C1CCCN1CCCNS(=O)(=O)c1cnccc1Cl. The number of rotatable bonds is 6. The van der Waals surface area contributed by atoms with Crippen LogP contribution >= 0.6 is 11.6 Å². The Balaban J connectivity index is 1.84. The van der Waals surface area contributed by atoms with Gasteiger partial charge < -0.3 is 4.90 Å². The van der Waals surface area contributed by atoms with E-state index in [-0.39, 0.29) is 22.4 Å². The van der Waals surface area contributed by atoms with Gasteiger partial charge in [0.05, 0.1) is 5.02 Å². The summed E-state index contributed by atoms with van der Waals surface area (Å²) in [6.07, 6.45) is 4.70. The van der Waals surface area contributed by atoms with Crippen LogP contribution in [-0.2, 0) is 14.8 Å². The average Bonchev–Trinajstić information content (AvgIpc) is 2.81. The lowest BCUT2D eigenvalue weighted by molar-refractivity contribution is -0.127. The van der Waals surface area contributed by atoms with E-state index in [1.54, 1.807) is 4.90 Å². The lowest BCUT2D eigenvalue weighted by Gasteiger charge is -2.15. The van der Waals surface area contributed by atoms with Crippen LogP contribution in [0.3, 0.4) is 0 Å². The molecule has 2 heterocycles. The van der Waals surface area contributed by atoms with E-state index in [0.29, 0.717) is 19.4 Å². The first kappa shape index (κ1) is 15.2. The van der Waals surface area contributed by atoms with Gasteiger partial charge in [0.1, 0.15) is 4.90 Å². The summed E-state index contributed by atoms with van der Waals surface area (Å²) in [5.74, 6) is 0.142. The topological polar surface area (TPSA) is 79.4 Å². The molecule has 0 atom stereocenters. The van der Waals surface area contributed by atoms with E-state index in [2.05, 4.69) is 9.71 Å². The van der Waals surface area contributed by atoms with Gasteiger partial charge in [-0.15, -0.1) is 0 Å². The number of likely N-dealkylation sites (tertiary alicyclic amines) is 1. The predicted molar refractivity (Wildman–Crippen MR) is 74.9 cm³/mol. The molecule has 1 fully saturated rings. The molecule has 0 aromatic carbocycles. The van der Waals surface area contributed by atoms with Gasteiger partial charge in [0, 0.05) is 38.4 Å². The highest BCUT2D eigenvalue weighted by molar-refractivity contribution is 7.89. The summed E-state index contributed by atoms with van der Waals surface area (Å²) in [6.45, 7) is 1.60. The molecule has 0 bridgehead atoms. The molecular weight excluding hydrogens is 302 g/mol. The fourth-order valence-electron chi connectivity index (χ4n) is 2.06. The molecule has 8 heteroatoms. The van der Waals surface area contributed by atoms with Crippen molar-refractivity contribution in [2.45, 2.75) is 24.2 Å². The highest BCUT2D eigenvalue weighted by Gasteiger charge is 2.20. The first-order valence-corrected chi connectivity index (χ1v) is 8.24. The Morgan fingerprint density at radius 1 is 1.45 bits per heavy atom. The quantitative estimate of drug-likeness (QED) is 0.795. The smallest absolute Gasteiger partial charge is 0.243 e. The highest BCUT2D eigenvalue weighted by atomic mass is 35.5. The fraction of sp³-hybridized carbons (Fsp3) is 0.500. The van der Waals surface area contributed by atoms with Crippen molar-refractivity contribution in [2.75, 3.05) is 19.6 Å². The Bertz CT molecular complexity index is 591. The summed E-state index contributed by atoms with van der Waals surface area (Å²) >= 11 is 5.83. The van der Waals surface area contributed by atoms with Crippen LogP contribution in [0.15, 0.2) is 23.4 Å². The number of nitrogens with zero attached hydrogens (tertiary/aromatic N) is 2. The minimum atomic E-state index is -3.65. The number of carbonyl (C=O) groups is 1. The molecule has 1 aliphatic heterocycles. The Kier molecular flexibility index (Phi) is 4.95. The summed E-state index contributed by atoms with van der Waals surface area (Å²) in [5, 5.41) is 0.141. The molecule has 0 aliphatic carbocycles. The van der Waals surface area contributed by atoms with Gasteiger partial charge in [-0.25, -0.2) is 13.1 Å². The van der Waals surface area contributed by atoms with Gasteiger partial charge >= 0.3 is 0 Å². The van der Waals surface area contributed by atoms with Crippen LogP contribution in [0.4, 0.5) is 0 Å². The highest BCUT2D eigenvalue weighted by Crippen LogP contribution is 2.18. The maximum Gasteiger partial charge on any atom is 0.243 e. The lowest BCUT2D eigenvalue weighted by atomic mass is 10.4. The Labute approximate surface area is 123 Å². The normalized spacial score (nSPS) is 15.8. The third-order valence-corrected chi connectivity index (χ3v) is 5.02. The van der Waals surface area contributed by atoms with E-state index in [9.17, 15) is 13.2 Å². The van der Waals surface area contributed by atoms with Crippen LogP contribution in [0.1, 0.15) is 19.3 Å². The van der Waals surface area contributed by atoms with Crippen molar-refractivity contribution in [3.05, 3.63) is 23.5 Å². The number of hydrogen-bond donors (Lipinski definition) is 1. The van der Waals surface area contributed by atoms with E-state index in [1.165, 1.54) is 18.5 Å². The molecule has 110 valence electrons. The van der Waals surface area contributed by atoms with Gasteiger partial charge in [-0.3, -0.25) is 9.78 Å². The monoisotopic (exact) mass is 317 g/mol. The maximum atomic E-state index is 12.0. The molecule has 1 N–H and O–H groups in total. The number of sulfonamides is 1. The van der Waals surface area contributed by atoms with Crippen molar-refractivity contribution in [1.82, 2.24) is 14.6 Å². The minimum Gasteiger partial charge on any atom is -0.343 e. The van der Waals surface area contributed by atoms with E-state index in [0.717, 1.165) is 13.0 Å². The van der Waals surface area contributed by atoms with E-state index < -0.39 is 10.0 Å². The van der Waals surface area contributed by atoms with Crippen molar-refractivity contribution in [2.24, 2.45) is 0 Å². The van der Waals surface area contributed by atoms with E-state index >= 15 is 0 Å². The van der Waals surface area contributed by atoms with Crippen LogP contribution in [0.25, 0.3) is 0 Å². The van der Waals surface area contributed by atoms with E-state index in [1.807, 2.05) is 0 Å². The van der Waals surface area contributed by atoms with Gasteiger partial charge in [0.15, 0.2) is 0 Å². The predicted octanol–water partition coefficient (Wildman–Crippen LogP) is 1.03. The van der Waals surface area contributed by atoms with Crippen LogP contribution in [0.2, 0.25) is 5.02 Å². The third kappa shape index (κ3) is 3.68. The molecule has 1 aromatic heterocycles. The largest absolute Gasteiger partial charge is 0.343 e. The second-order valence-electron chi connectivity index (χ2n) is 4.54. The van der Waals surface area contributed by atoms with Gasteiger partial charge in [-0.2, -0.15) is 0 Å². The van der Waals surface area contributed by atoms with Crippen LogP contribution in [0, 0.1) is 0 Å². The second-order valence-corrected chi connectivity index (χ2v) is 6.68. The van der Waals surface area contributed by atoms with Crippen LogP contribution in [-0.4, -0.2) is 43.8 Å². The summed E-state index contributed by atoms with van der Waals surface area (Å²) in [6, 6.07) is 1.43. The zero-order chi connectivity index (χ0) is 14.6. The van der Waals surface area contributed by atoms with Crippen molar-refractivity contribution >= 4 is 27.5 Å². The molecule has 20 heavy (non-hydrogen) atoms. The number of halogens is 1. The number of pyridine rings is 1. The van der Waals surface area contributed by atoms with Crippen LogP contribution in [0.5, 0.6) is 0 Å². The van der Waals surface area contributed by atoms with Gasteiger partial charge in [-0.1, -0.05) is 11.6 Å². The third-order valence-electron chi connectivity index (χ3n) is 3.09. The zero-order valence-corrected chi connectivity index (χ0v) is 12.5. The molecule has 0 spiro atoms. The minimum absolute atomic E-state index is 0.0288. The molecule has 0 saturated carbocycles. The number of carbonyl (C=O) groups excluding carboxylic acids is 1. The van der Waals surface area contributed by atoms with Crippen molar-refractivity contribution in [3.8, 4) is 0 Å². The number of aromatic nitrogens is 1. The first-order valence-electron chi connectivity index (χ1n) is 6.37. The van der Waals surface area contributed by atoms with E-state index in [4.69, 9.17) is 11.6 Å². The number of nitrogens with one attached hydrogen (secondary N) is 1. The summed E-state index contributed by atoms with van der Waals surface area (Å²) in [7, 11) is -3.65. The molecule has 1 saturated heterocycles. The lowest BCUT2D eigenvalue weighted by Crippen LogP contribution is -2.30. The molecule has 6 nitrogen and oxygen atoms in total. The maximum absolute atomic E-state index is 12.0. The molecule has 1 amide bonds. The molecular formula is C12H16ClN3O3S. The fourth-order valence-corrected chi connectivity index (χ4v) is 3.56. The Morgan fingerprint density at radius 2 is 2.25 bits per heavy atom. The summed E-state index contributed by atoms with van der Waals surface area (Å²) < 4.78 is 26.5. The number of amides is 1. The number of hydrogen-bond acceptors (Lipinski definition) is 4. The Hall–Kier alpha value is -1.18. The molecule has 1 aromatic rings. The molecule has 2 rings (SSSR count). The van der Waals surface area contributed by atoms with Crippen molar-refractivity contribution < 1.29 is 13.2 Å². The molecule has 1 aliphatic rings.